The average molecular weight is 411 g/mol. The summed E-state index contributed by atoms with van der Waals surface area (Å²) in [6.45, 7) is 11.9. The van der Waals surface area contributed by atoms with Gasteiger partial charge in [0.25, 0.3) is 0 Å². The number of benzene rings is 1. The van der Waals surface area contributed by atoms with Crippen LogP contribution in [0.4, 0.5) is 5.82 Å². The summed E-state index contributed by atoms with van der Waals surface area (Å²) in [4.78, 5) is 9.66. The zero-order valence-corrected chi connectivity index (χ0v) is 18.6. The van der Waals surface area contributed by atoms with Crippen LogP contribution in [-0.2, 0) is 4.74 Å². The van der Waals surface area contributed by atoms with Gasteiger partial charge in [-0.05, 0) is 43.5 Å². The molecule has 0 spiro atoms. The van der Waals surface area contributed by atoms with Crippen molar-refractivity contribution < 1.29 is 9.47 Å². The molecule has 2 aromatic rings. The largest absolute Gasteiger partial charge is 0.493 e. The Kier molecular flexibility index (Phi) is 6.56. The van der Waals surface area contributed by atoms with Gasteiger partial charge in [0.05, 0.1) is 26.4 Å². The fourth-order valence-corrected chi connectivity index (χ4v) is 4.61. The summed E-state index contributed by atoms with van der Waals surface area (Å²) < 4.78 is 11.3. The Morgan fingerprint density at radius 1 is 1.27 bits per heavy atom. The molecule has 2 fully saturated rings. The van der Waals surface area contributed by atoms with E-state index >= 15 is 0 Å². The smallest absolute Gasteiger partial charge is 0.171 e. The lowest BCUT2D eigenvalue weighted by Crippen LogP contribution is -2.46. The van der Waals surface area contributed by atoms with E-state index in [4.69, 9.17) is 14.5 Å². The number of aromatic nitrogens is 1. The fourth-order valence-electron chi connectivity index (χ4n) is 4.61. The molecule has 1 aromatic carbocycles. The van der Waals surface area contributed by atoms with Crippen LogP contribution in [0.5, 0.6) is 5.75 Å². The number of hydrogen-bond donors (Lipinski definition) is 1. The maximum Gasteiger partial charge on any atom is 0.171 e. The Balaban J connectivity index is 1.52. The molecule has 2 saturated heterocycles. The lowest BCUT2D eigenvalue weighted by atomic mass is 9.98. The summed E-state index contributed by atoms with van der Waals surface area (Å²) in [7, 11) is 1.74. The topological polar surface area (TPSA) is 49.9 Å². The Morgan fingerprint density at radius 2 is 2.10 bits per heavy atom. The van der Waals surface area contributed by atoms with E-state index in [1.54, 1.807) is 7.11 Å². The van der Waals surface area contributed by atoms with Crippen molar-refractivity contribution in [2.45, 2.75) is 38.9 Å². The summed E-state index contributed by atoms with van der Waals surface area (Å²) in [6.07, 6.45) is 2.02. The van der Waals surface area contributed by atoms with Crippen molar-refractivity contribution in [3.05, 3.63) is 53.2 Å². The van der Waals surface area contributed by atoms with E-state index < -0.39 is 0 Å². The molecule has 162 valence electrons. The quantitative estimate of drug-likeness (QED) is 0.816. The highest BCUT2D eigenvalue weighted by Crippen LogP contribution is 2.33. The van der Waals surface area contributed by atoms with E-state index in [9.17, 15) is 0 Å². The van der Waals surface area contributed by atoms with Gasteiger partial charge in [0.1, 0.15) is 0 Å². The number of anilines is 1. The number of rotatable bonds is 5. The van der Waals surface area contributed by atoms with Crippen molar-refractivity contribution >= 4 is 5.82 Å². The molecular weight excluding hydrogens is 376 g/mol. The summed E-state index contributed by atoms with van der Waals surface area (Å²) in [5.41, 5.74) is 3.93. The number of morpholine rings is 1. The summed E-state index contributed by atoms with van der Waals surface area (Å²) in [5.74, 6) is 1.76. The van der Waals surface area contributed by atoms with Crippen LogP contribution in [0.1, 0.15) is 42.6 Å². The standard InChI is InChI=1S/C24H34N4O2/c1-17-7-5-6-8-21(17)22-15-27(10-9-25-22)19(3)20-13-23(29-4)24(26-14-20)28-11-12-30-16-18(28)2/h5-8,13-14,18-19,22,25H,9-12,15-16H2,1-4H3/t18-,19+,22-/m0/s1. The third-order valence-electron chi connectivity index (χ3n) is 6.51. The van der Waals surface area contributed by atoms with Gasteiger partial charge in [-0.2, -0.15) is 0 Å². The predicted molar refractivity (Wildman–Crippen MR) is 120 cm³/mol. The van der Waals surface area contributed by atoms with E-state index in [1.165, 1.54) is 16.7 Å². The van der Waals surface area contributed by atoms with Crippen LogP contribution in [0.15, 0.2) is 36.5 Å². The molecule has 0 amide bonds. The normalized spacial score (nSPS) is 23.9. The Morgan fingerprint density at radius 3 is 2.87 bits per heavy atom. The highest BCUT2D eigenvalue weighted by atomic mass is 16.5. The zero-order chi connectivity index (χ0) is 21.1. The molecule has 0 unspecified atom stereocenters. The number of aryl methyl sites for hydroxylation is 1. The number of ether oxygens (including phenoxy) is 2. The van der Waals surface area contributed by atoms with Gasteiger partial charge in [0.2, 0.25) is 0 Å². The van der Waals surface area contributed by atoms with Crippen LogP contribution in [0.25, 0.3) is 0 Å². The third kappa shape index (κ3) is 4.31. The van der Waals surface area contributed by atoms with Gasteiger partial charge >= 0.3 is 0 Å². The number of hydrogen-bond acceptors (Lipinski definition) is 6. The second-order valence-corrected chi connectivity index (χ2v) is 8.45. The number of methoxy groups -OCH3 is 1. The van der Waals surface area contributed by atoms with E-state index in [-0.39, 0.29) is 6.04 Å². The predicted octanol–water partition coefficient (Wildman–Crippen LogP) is 3.33. The lowest BCUT2D eigenvalue weighted by Gasteiger charge is -2.39. The summed E-state index contributed by atoms with van der Waals surface area (Å²) >= 11 is 0. The van der Waals surface area contributed by atoms with E-state index in [1.807, 2.05) is 6.20 Å². The minimum absolute atomic E-state index is 0.274. The van der Waals surface area contributed by atoms with Crippen molar-refractivity contribution in [1.29, 1.82) is 0 Å². The van der Waals surface area contributed by atoms with Crippen molar-refractivity contribution in [2.75, 3.05) is 51.4 Å². The minimum atomic E-state index is 0.274. The Hall–Kier alpha value is -2.15. The number of nitrogens with one attached hydrogen (secondary N) is 1. The van der Waals surface area contributed by atoms with Gasteiger partial charge in [-0.3, -0.25) is 4.90 Å². The molecule has 0 saturated carbocycles. The van der Waals surface area contributed by atoms with Crippen molar-refractivity contribution in [3.63, 3.8) is 0 Å². The maximum atomic E-state index is 5.76. The molecule has 0 bridgehead atoms. The first-order valence-electron chi connectivity index (χ1n) is 11.0. The molecule has 2 aliphatic heterocycles. The van der Waals surface area contributed by atoms with Crippen LogP contribution in [0.3, 0.4) is 0 Å². The zero-order valence-electron chi connectivity index (χ0n) is 18.6. The Labute approximate surface area is 180 Å². The molecular formula is C24H34N4O2. The first-order chi connectivity index (χ1) is 14.6. The van der Waals surface area contributed by atoms with Crippen LogP contribution >= 0.6 is 0 Å². The van der Waals surface area contributed by atoms with E-state index in [2.05, 4.69) is 66.2 Å². The number of nitrogens with zero attached hydrogens (tertiary/aromatic N) is 3. The van der Waals surface area contributed by atoms with E-state index in [0.717, 1.165) is 51.0 Å². The molecule has 0 radical (unpaired) electrons. The summed E-state index contributed by atoms with van der Waals surface area (Å²) in [5, 5.41) is 3.69. The molecule has 30 heavy (non-hydrogen) atoms. The monoisotopic (exact) mass is 410 g/mol. The van der Waals surface area contributed by atoms with Crippen LogP contribution in [0, 0.1) is 6.92 Å². The van der Waals surface area contributed by atoms with Crippen LogP contribution in [0.2, 0.25) is 0 Å². The molecule has 3 atom stereocenters. The first kappa shape index (κ1) is 21.1. The average Bonchev–Trinajstić information content (AvgIpc) is 2.79. The molecule has 6 nitrogen and oxygen atoms in total. The van der Waals surface area contributed by atoms with Crippen molar-refractivity contribution in [2.24, 2.45) is 0 Å². The van der Waals surface area contributed by atoms with E-state index in [0.29, 0.717) is 12.1 Å². The van der Waals surface area contributed by atoms with Crippen molar-refractivity contribution in [3.8, 4) is 5.75 Å². The van der Waals surface area contributed by atoms with Gasteiger partial charge in [-0.25, -0.2) is 4.98 Å². The van der Waals surface area contributed by atoms with Gasteiger partial charge in [0.15, 0.2) is 11.6 Å². The maximum absolute atomic E-state index is 5.76. The van der Waals surface area contributed by atoms with Gasteiger partial charge < -0.3 is 19.7 Å². The molecule has 1 aromatic heterocycles. The minimum Gasteiger partial charge on any atom is -0.493 e. The van der Waals surface area contributed by atoms with Gasteiger partial charge in [-0.15, -0.1) is 0 Å². The van der Waals surface area contributed by atoms with Gasteiger partial charge in [-0.1, -0.05) is 24.3 Å². The highest BCUT2D eigenvalue weighted by molar-refractivity contribution is 5.54. The molecule has 4 rings (SSSR count). The molecule has 3 heterocycles. The number of pyridine rings is 1. The lowest BCUT2D eigenvalue weighted by molar-refractivity contribution is 0.0982. The molecule has 6 heteroatoms. The second kappa shape index (κ2) is 9.33. The molecule has 2 aliphatic rings. The van der Waals surface area contributed by atoms with Crippen LogP contribution < -0.4 is 15.0 Å². The first-order valence-corrected chi connectivity index (χ1v) is 11.0. The second-order valence-electron chi connectivity index (χ2n) is 8.45. The third-order valence-corrected chi connectivity index (χ3v) is 6.51. The Bertz CT molecular complexity index is 859. The van der Waals surface area contributed by atoms with Crippen LogP contribution in [-0.4, -0.2) is 62.4 Å². The van der Waals surface area contributed by atoms with Crippen molar-refractivity contribution in [1.82, 2.24) is 15.2 Å². The SMILES string of the molecule is COc1cc([C@@H](C)N2CCN[C@H](c3ccccc3C)C2)cnc1N1CCOC[C@@H]1C. The molecule has 0 aliphatic carbocycles. The molecule has 1 N–H and O–H groups in total. The summed E-state index contributed by atoms with van der Waals surface area (Å²) in [6, 6.07) is 11.8. The highest BCUT2D eigenvalue weighted by Gasteiger charge is 2.28. The number of piperazine rings is 1. The van der Waals surface area contributed by atoms with Gasteiger partial charge in [0, 0.05) is 44.5 Å². The fraction of sp³-hybridized carbons (Fsp3) is 0.542.